The molecular weight excluding hydrogens is 356 g/mol. The maximum Gasteiger partial charge on any atom is 0.255 e. The van der Waals surface area contributed by atoms with Gasteiger partial charge in [0.25, 0.3) is 5.91 Å². The Kier molecular flexibility index (Phi) is 6.57. The van der Waals surface area contributed by atoms with E-state index in [1.54, 1.807) is 32.4 Å². The first-order chi connectivity index (χ1) is 13.5. The molecule has 1 saturated heterocycles. The highest BCUT2D eigenvalue weighted by Crippen LogP contribution is 2.30. The van der Waals surface area contributed by atoms with Gasteiger partial charge < -0.3 is 14.8 Å². The summed E-state index contributed by atoms with van der Waals surface area (Å²) in [5.41, 5.74) is 2.98. The number of para-hydroxylation sites is 1. The zero-order valence-corrected chi connectivity index (χ0v) is 17.2. The number of nitrogens with one attached hydrogen (secondary N) is 1. The second kappa shape index (κ2) is 9.10. The van der Waals surface area contributed by atoms with Crippen LogP contribution in [0, 0.1) is 12.8 Å². The van der Waals surface area contributed by atoms with Gasteiger partial charge in [0.1, 0.15) is 0 Å². The van der Waals surface area contributed by atoms with E-state index in [0.29, 0.717) is 29.5 Å². The maximum atomic E-state index is 12.7. The minimum atomic E-state index is -0.129. The van der Waals surface area contributed by atoms with Crippen LogP contribution in [0.1, 0.15) is 34.5 Å². The average molecular weight is 386 g/mol. The van der Waals surface area contributed by atoms with Crippen LogP contribution in [0.15, 0.2) is 24.4 Å². The Labute approximate surface area is 166 Å². The minimum absolute atomic E-state index is 0.129. The van der Waals surface area contributed by atoms with Gasteiger partial charge in [0, 0.05) is 37.9 Å². The van der Waals surface area contributed by atoms with Crippen LogP contribution >= 0.6 is 0 Å². The molecule has 1 aliphatic heterocycles. The van der Waals surface area contributed by atoms with Crippen LogP contribution in [0.2, 0.25) is 0 Å². The van der Waals surface area contributed by atoms with Crippen molar-refractivity contribution in [2.75, 3.05) is 33.9 Å². The number of carbonyl (C=O) groups excluding carboxylic acids is 1. The van der Waals surface area contributed by atoms with Crippen molar-refractivity contribution >= 4 is 5.91 Å². The van der Waals surface area contributed by atoms with E-state index in [1.807, 2.05) is 17.9 Å². The molecule has 1 aliphatic rings. The first-order valence-electron chi connectivity index (χ1n) is 9.72. The molecule has 1 fully saturated rings. The Hall–Kier alpha value is -2.54. The van der Waals surface area contributed by atoms with E-state index in [1.165, 1.54) is 11.3 Å². The standard InChI is InChI=1S/C21H30N4O3/c1-15-17(12-23-24(15)2)14-25-10-6-7-16(13-25)11-22-21(26)18-8-5-9-19(27-3)20(18)28-4/h5,8-9,12,16H,6-7,10-11,13-14H2,1-4H3,(H,22,26)/t16-/m1/s1. The SMILES string of the molecule is COc1cccc(C(=O)NC[C@H]2CCCN(Cc3cnn(C)c3C)C2)c1OC. The fourth-order valence-electron chi connectivity index (χ4n) is 3.80. The highest BCUT2D eigenvalue weighted by molar-refractivity contribution is 5.97. The number of piperidine rings is 1. The normalized spacial score (nSPS) is 17.4. The summed E-state index contributed by atoms with van der Waals surface area (Å²) in [5, 5.41) is 7.41. The largest absolute Gasteiger partial charge is 0.493 e. The fourth-order valence-corrected chi connectivity index (χ4v) is 3.80. The average Bonchev–Trinajstić information content (AvgIpc) is 3.03. The number of aromatic nitrogens is 2. The summed E-state index contributed by atoms with van der Waals surface area (Å²) in [7, 11) is 5.09. The van der Waals surface area contributed by atoms with Crippen LogP contribution in [-0.2, 0) is 13.6 Å². The predicted molar refractivity (Wildman–Crippen MR) is 108 cm³/mol. The van der Waals surface area contributed by atoms with Crippen LogP contribution in [0.5, 0.6) is 11.5 Å². The van der Waals surface area contributed by atoms with Gasteiger partial charge in [-0.25, -0.2) is 0 Å². The van der Waals surface area contributed by atoms with Gasteiger partial charge in [0.2, 0.25) is 0 Å². The molecule has 7 nitrogen and oxygen atoms in total. The van der Waals surface area contributed by atoms with Crippen LogP contribution < -0.4 is 14.8 Å². The van der Waals surface area contributed by atoms with Gasteiger partial charge in [-0.2, -0.15) is 5.10 Å². The molecule has 0 saturated carbocycles. The van der Waals surface area contributed by atoms with E-state index in [0.717, 1.165) is 32.5 Å². The predicted octanol–water partition coefficient (Wildman–Crippen LogP) is 2.39. The Balaban J connectivity index is 1.57. The number of rotatable bonds is 7. The van der Waals surface area contributed by atoms with Gasteiger partial charge >= 0.3 is 0 Å². The summed E-state index contributed by atoms with van der Waals surface area (Å²) in [4.78, 5) is 15.1. The molecule has 2 heterocycles. The van der Waals surface area contributed by atoms with Crippen molar-refractivity contribution in [1.29, 1.82) is 0 Å². The molecule has 152 valence electrons. The lowest BCUT2D eigenvalue weighted by molar-refractivity contribution is 0.0927. The van der Waals surface area contributed by atoms with E-state index < -0.39 is 0 Å². The monoisotopic (exact) mass is 386 g/mol. The number of hydrogen-bond acceptors (Lipinski definition) is 5. The Bertz CT molecular complexity index is 818. The van der Waals surface area contributed by atoms with Gasteiger partial charge in [-0.15, -0.1) is 0 Å². The van der Waals surface area contributed by atoms with E-state index in [9.17, 15) is 4.79 Å². The maximum absolute atomic E-state index is 12.7. The smallest absolute Gasteiger partial charge is 0.255 e. The van der Waals surface area contributed by atoms with Gasteiger partial charge in [0.15, 0.2) is 11.5 Å². The zero-order valence-electron chi connectivity index (χ0n) is 17.2. The van der Waals surface area contributed by atoms with Crippen molar-refractivity contribution in [3.63, 3.8) is 0 Å². The number of hydrogen-bond donors (Lipinski definition) is 1. The number of carbonyl (C=O) groups is 1. The number of nitrogens with zero attached hydrogens (tertiary/aromatic N) is 3. The topological polar surface area (TPSA) is 68.6 Å². The van der Waals surface area contributed by atoms with Crippen molar-refractivity contribution in [2.24, 2.45) is 13.0 Å². The third kappa shape index (κ3) is 4.47. The van der Waals surface area contributed by atoms with E-state index in [2.05, 4.69) is 22.2 Å². The van der Waals surface area contributed by atoms with Crippen LogP contribution in [0.3, 0.4) is 0 Å². The number of methoxy groups -OCH3 is 2. The number of benzene rings is 1. The van der Waals surface area contributed by atoms with Crippen LogP contribution in [0.25, 0.3) is 0 Å². The van der Waals surface area contributed by atoms with Crippen molar-refractivity contribution in [3.8, 4) is 11.5 Å². The Morgan fingerprint density at radius 2 is 2.14 bits per heavy atom. The quantitative estimate of drug-likeness (QED) is 0.791. The third-order valence-electron chi connectivity index (χ3n) is 5.53. The van der Waals surface area contributed by atoms with Gasteiger partial charge in [0.05, 0.1) is 26.0 Å². The summed E-state index contributed by atoms with van der Waals surface area (Å²) in [6.07, 6.45) is 4.22. The second-order valence-corrected chi connectivity index (χ2v) is 7.37. The molecule has 28 heavy (non-hydrogen) atoms. The van der Waals surface area contributed by atoms with Crippen molar-refractivity contribution in [3.05, 3.63) is 41.2 Å². The molecule has 1 N–H and O–H groups in total. The summed E-state index contributed by atoms with van der Waals surface area (Å²) >= 11 is 0. The first kappa shape index (κ1) is 20.2. The molecule has 0 bridgehead atoms. The number of ether oxygens (including phenoxy) is 2. The number of likely N-dealkylation sites (tertiary alicyclic amines) is 1. The summed E-state index contributed by atoms with van der Waals surface area (Å²) in [6, 6.07) is 5.35. The van der Waals surface area contributed by atoms with Crippen LogP contribution in [0.4, 0.5) is 0 Å². The lowest BCUT2D eigenvalue weighted by atomic mass is 9.97. The number of amides is 1. The lowest BCUT2D eigenvalue weighted by Gasteiger charge is -2.32. The molecule has 0 unspecified atom stereocenters. The summed E-state index contributed by atoms with van der Waals surface area (Å²) in [5.74, 6) is 1.34. The highest BCUT2D eigenvalue weighted by atomic mass is 16.5. The molecule has 0 radical (unpaired) electrons. The van der Waals surface area contributed by atoms with Crippen LogP contribution in [-0.4, -0.2) is 54.4 Å². The number of aryl methyl sites for hydroxylation is 1. The molecule has 1 aromatic carbocycles. The van der Waals surface area contributed by atoms with Crippen molar-refractivity contribution in [2.45, 2.75) is 26.3 Å². The van der Waals surface area contributed by atoms with Gasteiger partial charge in [-0.3, -0.25) is 14.4 Å². The third-order valence-corrected chi connectivity index (χ3v) is 5.53. The molecule has 2 aromatic rings. The first-order valence-corrected chi connectivity index (χ1v) is 9.72. The van der Waals surface area contributed by atoms with Gasteiger partial charge in [-0.05, 0) is 44.4 Å². The van der Waals surface area contributed by atoms with E-state index >= 15 is 0 Å². The molecule has 0 aliphatic carbocycles. The minimum Gasteiger partial charge on any atom is -0.493 e. The molecule has 0 spiro atoms. The van der Waals surface area contributed by atoms with Crippen molar-refractivity contribution < 1.29 is 14.3 Å². The highest BCUT2D eigenvalue weighted by Gasteiger charge is 2.23. The fraction of sp³-hybridized carbons (Fsp3) is 0.524. The molecule has 3 rings (SSSR count). The lowest BCUT2D eigenvalue weighted by Crippen LogP contribution is -2.40. The second-order valence-electron chi connectivity index (χ2n) is 7.37. The molecule has 1 atom stereocenters. The Morgan fingerprint density at radius 3 is 2.82 bits per heavy atom. The molecule has 7 heteroatoms. The zero-order chi connectivity index (χ0) is 20.1. The van der Waals surface area contributed by atoms with E-state index in [4.69, 9.17) is 9.47 Å². The van der Waals surface area contributed by atoms with E-state index in [-0.39, 0.29) is 5.91 Å². The van der Waals surface area contributed by atoms with Crippen molar-refractivity contribution in [1.82, 2.24) is 20.0 Å². The molecule has 1 amide bonds. The molecular formula is C21H30N4O3. The summed E-state index contributed by atoms with van der Waals surface area (Å²) < 4.78 is 12.6. The summed E-state index contributed by atoms with van der Waals surface area (Å²) in [6.45, 7) is 5.73. The Morgan fingerprint density at radius 1 is 1.32 bits per heavy atom. The van der Waals surface area contributed by atoms with Gasteiger partial charge in [-0.1, -0.05) is 6.07 Å². The molecule has 1 aromatic heterocycles.